The molecule has 1 fully saturated rings. The molecule has 0 bridgehead atoms. The second kappa shape index (κ2) is 10.6. The van der Waals surface area contributed by atoms with Crippen molar-refractivity contribution in [2.24, 2.45) is 0 Å². The van der Waals surface area contributed by atoms with Gasteiger partial charge in [0, 0.05) is 24.3 Å². The van der Waals surface area contributed by atoms with E-state index < -0.39 is 16.1 Å². The van der Waals surface area contributed by atoms with Crippen LogP contribution >= 0.6 is 0 Å². The zero-order chi connectivity index (χ0) is 24.1. The summed E-state index contributed by atoms with van der Waals surface area (Å²) in [5, 5.41) is 2.92. The van der Waals surface area contributed by atoms with Crippen LogP contribution in [0.4, 0.5) is 5.69 Å². The molecule has 4 rings (SSSR count). The molecule has 0 spiro atoms. The van der Waals surface area contributed by atoms with Crippen LogP contribution in [0.25, 0.3) is 0 Å². The third-order valence-corrected chi connectivity index (χ3v) is 8.04. The van der Waals surface area contributed by atoms with Crippen LogP contribution in [-0.4, -0.2) is 44.3 Å². The van der Waals surface area contributed by atoms with Gasteiger partial charge < -0.3 is 10.2 Å². The fourth-order valence-corrected chi connectivity index (χ4v) is 5.84. The molecule has 1 aliphatic carbocycles. The summed E-state index contributed by atoms with van der Waals surface area (Å²) in [5.74, 6) is -0.314. The zero-order valence-electron chi connectivity index (χ0n) is 19.7. The first-order chi connectivity index (χ1) is 16.4. The van der Waals surface area contributed by atoms with Crippen LogP contribution < -0.4 is 10.0 Å². The van der Waals surface area contributed by atoms with Crippen LogP contribution in [0.1, 0.15) is 66.9 Å². The van der Waals surface area contributed by atoms with Crippen molar-refractivity contribution in [1.82, 2.24) is 10.2 Å². The van der Waals surface area contributed by atoms with Gasteiger partial charge in [0.25, 0.3) is 15.9 Å². The lowest BCUT2D eigenvalue weighted by atomic mass is 9.92. The largest absolute Gasteiger partial charge is 0.354 e. The van der Waals surface area contributed by atoms with E-state index in [2.05, 4.69) is 17.0 Å². The van der Waals surface area contributed by atoms with Gasteiger partial charge in [0.05, 0.1) is 4.90 Å². The van der Waals surface area contributed by atoms with Crippen molar-refractivity contribution in [2.75, 3.05) is 17.8 Å². The summed E-state index contributed by atoms with van der Waals surface area (Å²) in [6.45, 7) is 3.22. The Balaban J connectivity index is 1.42. The van der Waals surface area contributed by atoms with E-state index in [-0.39, 0.29) is 16.7 Å². The topological polar surface area (TPSA) is 95.6 Å². The fourth-order valence-electron chi connectivity index (χ4n) is 4.73. The number of carbonyl (C=O) groups is 2. The van der Waals surface area contributed by atoms with Gasteiger partial charge in [-0.25, -0.2) is 8.42 Å². The van der Waals surface area contributed by atoms with Gasteiger partial charge in [0.15, 0.2) is 0 Å². The van der Waals surface area contributed by atoms with Gasteiger partial charge in [-0.15, -0.1) is 0 Å². The van der Waals surface area contributed by atoms with Gasteiger partial charge in [-0.1, -0.05) is 19.4 Å². The summed E-state index contributed by atoms with van der Waals surface area (Å²) in [7, 11) is -3.73. The van der Waals surface area contributed by atoms with Crippen molar-refractivity contribution >= 4 is 27.5 Å². The summed E-state index contributed by atoms with van der Waals surface area (Å²) < 4.78 is 28.4. The molecule has 182 valence electrons. The molecule has 7 nitrogen and oxygen atoms in total. The van der Waals surface area contributed by atoms with E-state index in [9.17, 15) is 18.0 Å². The van der Waals surface area contributed by atoms with Crippen molar-refractivity contribution in [3.8, 4) is 0 Å². The monoisotopic (exact) mass is 483 g/mol. The van der Waals surface area contributed by atoms with Crippen LogP contribution in [-0.2, 0) is 27.7 Å². The van der Waals surface area contributed by atoms with Crippen molar-refractivity contribution in [3.05, 3.63) is 59.2 Å². The molecule has 1 saturated heterocycles. The molecule has 0 saturated carbocycles. The number of anilines is 1. The number of fused-ring (bicyclic) bond motifs is 1. The van der Waals surface area contributed by atoms with Gasteiger partial charge in [-0.05, 0) is 92.5 Å². The van der Waals surface area contributed by atoms with E-state index in [1.807, 2.05) is 6.07 Å². The average Bonchev–Trinajstić information content (AvgIpc) is 3.34. The highest BCUT2D eigenvalue weighted by molar-refractivity contribution is 7.92. The minimum atomic E-state index is -3.73. The van der Waals surface area contributed by atoms with E-state index in [4.69, 9.17) is 0 Å². The van der Waals surface area contributed by atoms with Crippen LogP contribution in [0.2, 0.25) is 0 Å². The number of amides is 2. The minimum absolute atomic E-state index is 0.103. The Bertz CT molecular complexity index is 1150. The molecule has 8 heteroatoms. The molecule has 1 aliphatic heterocycles. The van der Waals surface area contributed by atoms with Crippen molar-refractivity contribution < 1.29 is 18.0 Å². The number of unbranched alkanes of at least 4 members (excludes halogenated alkanes) is 1. The average molecular weight is 484 g/mol. The maximum atomic E-state index is 13.1. The SMILES string of the molecule is CCCCNC(=O)[C@H]1CCCN1C(=O)c1ccc(NS(=O)(=O)c2ccc3c(c2)CCCC3)cc1. The second-order valence-corrected chi connectivity index (χ2v) is 10.8. The molecule has 2 N–H and O–H groups in total. The van der Waals surface area contributed by atoms with E-state index in [1.165, 1.54) is 5.56 Å². The molecular weight excluding hydrogens is 450 g/mol. The second-order valence-electron chi connectivity index (χ2n) is 9.12. The van der Waals surface area contributed by atoms with Crippen LogP contribution in [0.3, 0.4) is 0 Å². The number of nitrogens with one attached hydrogen (secondary N) is 2. The van der Waals surface area contributed by atoms with E-state index in [1.54, 1.807) is 41.3 Å². The Morgan fingerprint density at radius 1 is 1.00 bits per heavy atom. The first-order valence-electron chi connectivity index (χ1n) is 12.2. The van der Waals surface area contributed by atoms with Gasteiger partial charge >= 0.3 is 0 Å². The summed E-state index contributed by atoms with van der Waals surface area (Å²) in [4.78, 5) is 27.4. The van der Waals surface area contributed by atoms with Crippen LogP contribution in [0.15, 0.2) is 47.4 Å². The number of hydrogen-bond acceptors (Lipinski definition) is 4. The molecule has 1 atom stereocenters. The maximum absolute atomic E-state index is 13.1. The highest BCUT2D eigenvalue weighted by atomic mass is 32.2. The summed E-state index contributed by atoms with van der Waals surface area (Å²) in [6.07, 6.45) is 7.48. The number of aryl methyl sites for hydroxylation is 2. The number of likely N-dealkylation sites (tertiary alicyclic amines) is 1. The highest BCUT2D eigenvalue weighted by Gasteiger charge is 2.34. The number of hydrogen-bond donors (Lipinski definition) is 2. The predicted octanol–water partition coefficient (Wildman–Crippen LogP) is 3.89. The predicted molar refractivity (Wildman–Crippen MR) is 132 cm³/mol. The first-order valence-corrected chi connectivity index (χ1v) is 13.7. The van der Waals surface area contributed by atoms with Crippen LogP contribution in [0, 0.1) is 0 Å². The number of benzene rings is 2. The van der Waals surface area contributed by atoms with Gasteiger partial charge in [0.1, 0.15) is 6.04 Å². The number of carbonyl (C=O) groups excluding carboxylic acids is 2. The zero-order valence-corrected chi connectivity index (χ0v) is 20.5. The molecule has 2 aliphatic rings. The first kappa shape index (κ1) is 24.3. The van der Waals surface area contributed by atoms with Gasteiger partial charge in [-0.2, -0.15) is 0 Å². The van der Waals surface area contributed by atoms with Gasteiger partial charge in [0.2, 0.25) is 5.91 Å². The normalized spacial score (nSPS) is 17.8. The van der Waals surface area contributed by atoms with Crippen molar-refractivity contribution in [3.63, 3.8) is 0 Å². The summed E-state index contributed by atoms with van der Waals surface area (Å²) in [6, 6.07) is 11.3. The standard InChI is InChI=1S/C26H33N3O4S/c1-2-3-16-27-25(30)24-9-6-17-29(24)26(31)20-10-13-22(14-11-20)28-34(32,33)23-15-12-19-7-4-5-8-21(19)18-23/h10-15,18,24,28H,2-9,16-17H2,1H3,(H,27,30)/t24-/m1/s1. The molecule has 0 unspecified atom stereocenters. The molecule has 2 aromatic rings. The summed E-state index contributed by atoms with van der Waals surface area (Å²) in [5.41, 5.74) is 3.16. The molecule has 0 aromatic heterocycles. The number of nitrogens with zero attached hydrogens (tertiary/aromatic N) is 1. The molecule has 2 aromatic carbocycles. The number of rotatable bonds is 8. The van der Waals surface area contributed by atoms with E-state index >= 15 is 0 Å². The molecule has 34 heavy (non-hydrogen) atoms. The molecule has 1 heterocycles. The lowest BCUT2D eigenvalue weighted by Gasteiger charge is -2.24. The highest BCUT2D eigenvalue weighted by Crippen LogP contribution is 2.26. The Morgan fingerprint density at radius 2 is 1.74 bits per heavy atom. The fraction of sp³-hybridized carbons (Fsp3) is 0.462. The smallest absolute Gasteiger partial charge is 0.261 e. The number of sulfonamides is 1. The Labute approximate surface area is 202 Å². The quantitative estimate of drug-likeness (QED) is 0.557. The third kappa shape index (κ3) is 5.43. The minimum Gasteiger partial charge on any atom is -0.354 e. The summed E-state index contributed by atoms with van der Waals surface area (Å²) >= 11 is 0. The maximum Gasteiger partial charge on any atom is 0.261 e. The van der Waals surface area contributed by atoms with Crippen LogP contribution in [0.5, 0.6) is 0 Å². The Hall–Kier alpha value is -2.87. The Kier molecular flexibility index (Phi) is 7.56. The molecule has 0 radical (unpaired) electrons. The van der Waals surface area contributed by atoms with E-state index in [0.29, 0.717) is 30.8 Å². The van der Waals surface area contributed by atoms with Crippen molar-refractivity contribution in [2.45, 2.75) is 69.2 Å². The van der Waals surface area contributed by atoms with Crippen molar-refractivity contribution in [1.29, 1.82) is 0 Å². The lowest BCUT2D eigenvalue weighted by molar-refractivity contribution is -0.124. The lowest BCUT2D eigenvalue weighted by Crippen LogP contribution is -2.46. The van der Waals surface area contributed by atoms with E-state index in [0.717, 1.165) is 50.5 Å². The third-order valence-electron chi connectivity index (χ3n) is 6.66. The molecule has 2 amide bonds. The molecular formula is C26H33N3O4S. The van der Waals surface area contributed by atoms with Gasteiger partial charge in [-0.3, -0.25) is 14.3 Å². The Morgan fingerprint density at radius 3 is 2.47 bits per heavy atom.